The number of nitrogens with one attached hydrogen (secondary N) is 1. The molecule has 0 bridgehead atoms. The normalized spacial score (nSPS) is 46.4. The Balaban J connectivity index is 1.50. The van der Waals surface area contributed by atoms with Gasteiger partial charge in [0.1, 0.15) is 0 Å². The molecule has 2 N–H and O–H groups in total. The van der Waals surface area contributed by atoms with Crippen LogP contribution >= 0.6 is 0 Å². The Kier molecular flexibility index (Phi) is 4.31. The van der Waals surface area contributed by atoms with Crippen molar-refractivity contribution in [1.29, 1.82) is 0 Å². The number of aliphatic hydroxyl groups excluding tert-OH is 1. The van der Waals surface area contributed by atoms with Crippen LogP contribution in [-0.2, 0) is 0 Å². The summed E-state index contributed by atoms with van der Waals surface area (Å²) < 4.78 is 0. The highest BCUT2D eigenvalue weighted by Crippen LogP contribution is 2.46. The summed E-state index contributed by atoms with van der Waals surface area (Å²) in [6.45, 7) is 6.75. The van der Waals surface area contributed by atoms with Crippen LogP contribution in [0.25, 0.3) is 0 Å². The molecule has 3 saturated heterocycles. The lowest BCUT2D eigenvalue weighted by Crippen LogP contribution is -2.59. The average molecular weight is 304 g/mol. The summed E-state index contributed by atoms with van der Waals surface area (Å²) in [4.78, 5) is 2.75. The number of fused-ring (bicyclic) bond motifs is 5. The van der Waals surface area contributed by atoms with Gasteiger partial charge in [0.25, 0.3) is 0 Å². The molecule has 0 amide bonds. The second-order valence-electron chi connectivity index (χ2n) is 8.17. The smallest absolute Gasteiger partial charge is 0.0496 e. The van der Waals surface area contributed by atoms with Crippen molar-refractivity contribution in [2.45, 2.75) is 63.1 Å². The molecule has 7 unspecified atom stereocenters. The van der Waals surface area contributed by atoms with Gasteiger partial charge in [-0.3, -0.25) is 4.90 Å². The van der Waals surface area contributed by atoms with E-state index in [-0.39, 0.29) is 6.61 Å². The third-order valence-electron chi connectivity index (χ3n) is 7.32. The molecular weight excluding hydrogens is 272 g/mol. The quantitative estimate of drug-likeness (QED) is 0.786. The fraction of sp³-hybridized carbons (Fsp3) is 0.895. The molecule has 4 aliphatic rings. The van der Waals surface area contributed by atoms with Crippen molar-refractivity contribution >= 4 is 0 Å². The van der Waals surface area contributed by atoms with Gasteiger partial charge in [-0.1, -0.05) is 18.9 Å². The maximum atomic E-state index is 9.63. The Morgan fingerprint density at radius 1 is 1.14 bits per heavy atom. The SMILES string of the molecule is C=CC(CO)C1CCN2CCC3C4CCCCC4NC3C2C1. The first-order valence-electron chi connectivity index (χ1n) is 9.55. The Morgan fingerprint density at radius 3 is 2.77 bits per heavy atom. The van der Waals surface area contributed by atoms with Gasteiger partial charge in [-0.2, -0.15) is 0 Å². The molecule has 4 fully saturated rings. The first-order valence-corrected chi connectivity index (χ1v) is 9.55. The monoisotopic (exact) mass is 304 g/mol. The molecule has 0 aromatic heterocycles. The number of nitrogens with zero attached hydrogens (tertiary/aromatic N) is 1. The zero-order chi connectivity index (χ0) is 15.1. The van der Waals surface area contributed by atoms with E-state index in [1.54, 1.807) is 0 Å². The lowest BCUT2D eigenvalue weighted by atomic mass is 9.70. The summed E-state index contributed by atoms with van der Waals surface area (Å²) in [6.07, 6.45) is 11.6. The maximum absolute atomic E-state index is 9.63. The zero-order valence-electron chi connectivity index (χ0n) is 13.8. The first-order chi connectivity index (χ1) is 10.8. The minimum Gasteiger partial charge on any atom is -0.396 e. The summed E-state index contributed by atoms with van der Waals surface area (Å²) in [5.74, 6) is 2.80. The first kappa shape index (κ1) is 15.2. The fourth-order valence-electron chi connectivity index (χ4n) is 6.15. The van der Waals surface area contributed by atoms with Gasteiger partial charge < -0.3 is 10.4 Å². The Morgan fingerprint density at radius 2 is 1.95 bits per heavy atom. The van der Waals surface area contributed by atoms with Gasteiger partial charge in [-0.05, 0) is 62.9 Å². The van der Waals surface area contributed by atoms with Gasteiger partial charge >= 0.3 is 0 Å². The molecule has 3 heteroatoms. The van der Waals surface area contributed by atoms with E-state index < -0.39 is 0 Å². The molecule has 1 aliphatic carbocycles. The highest BCUT2D eigenvalue weighted by molar-refractivity contribution is 5.08. The number of aliphatic hydroxyl groups is 1. The molecule has 1 saturated carbocycles. The van der Waals surface area contributed by atoms with Crippen molar-refractivity contribution in [3.63, 3.8) is 0 Å². The van der Waals surface area contributed by atoms with Crippen LogP contribution in [0.1, 0.15) is 44.9 Å². The molecule has 0 aromatic carbocycles. The van der Waals surface area contributed by atoms with Crippen LogP contribution in [0.5, 0.6) is 0 Å². The van der Waals surface area contributed by atoms with Crippen LogP contribution in [0, 0.1) is 23.7 Å². The Labute approximate surface area is 135 Å². The highest BCUT2D eigenvalue weighted by Gasteiger charge is 2.51. The van der Waals surface area contributed by atoms with Crippen LogP contribution in [0.3, 0.4) is 0 Å². The van der Waals surface area contributed by atoms with Gasteiger partial charge in [-0.25, -0.2) is 0 Å². The topological polar surface area (TPSA) is 35.5 Å². The van der Waals surface area contributed by atoms with E-state index in [0.717, 1.165) is 17.9 Å². The fourth-order valence-corrected chi connectivity index (χ4v) is 6.15. The second kappa shape index (κ2) is 6.26. The standard InChI is InChI=1S/C19H32N2O/c1-2-13(12-22)14-7-9-21-10-8-16-15-5-3-4-6-17(15)20-19(16)18(21)11-14/h2,13-20,22H,1,3-12H2. The summed E-state index contributed by atoms with van der Waals surface area (Å²) >= 11 is 0. The Hall–Kier alpha value is -0.380. The molecule has 4 rings (SSSR count). The molecule has 7 atom stereocenters. The summed E-state index contributed by atoms with van der Waals surface area (Å²) in [5.41, 5.74) is 0. The molecule has 0 radical (unpaired) electrons. The molecule has 0 aromatic rings. The van der Waals surface area contributed by atoms with Crippen LogP contribution in [-0.4, -0.2) is 47.8 Å². The minimum absolute atomic E-state index is 0.271. The number of rotatable bonds is 3. The van der Waals surface area contributed by atoms with Crippen LogP contribution in [0.2, 0.25) is 0 Å². The molecule has 3 heterocycles. The summed E-state index contributed by atoms with van der Waals surface area (Å²) in [6, 6.07) is 2.23. The lowest BCUT2D eigenvalue weighted by molar-refractivity contribution is 0.0155. The van der Waals surface area contributed by atoms with Crippen LogP contribution in [0.4, 0.5) is 0 Å². The molecule has 22 heavy (non-hydrogen) atoms. The maximum Gasteiger partial charge on any atom is 0.0496 e. The third-order valence-corrected chi connectivity index (χ3v) is 7.32. The summed E-state index contributed by atoms with van der Waals surface area (Å²) in [5, 5.41) is 13.7. The van der Waals surface area contributed by atoms with Crippen LogP contribution < -0.4 is 5.32 Å². The van der Waals surface area contributed by atoms with Crippen molar-refractivity contribution in [3.8, 4) is 0 Å². The number of hydrogen-bond acceptors (Lipinski definition) is 3. The molecule has 124 valence electrons. The predicted octanol–water partition coefficient (Wildman–Crippen LogP) is 2.41. The lowest BCUT2D eigenvalue weighted by Gasteiger charge is -2.49. The average Bonchev–Trinajstić information content (AvgIpc) is 2.95. The van der Waals surface area contributed by atoms with Gasteiger partial charge in [0.05, 0.1) is 0 Å². The van der Waals surface area contributed by atoms with E-state index in [1.807, 2.05) is 6.08 Å². The number of piperidine rings is 2. The van der Waals surface area contributed by atoms with Crippen molar-refractivity contribution < 1.29 is 5.11 Å². The van der Waals surface area contributed by atoms with Gasteiger partial charge in [0.2, 0.25) is 0 Å². The van der Waals surface area contributed by atoms with E-state index >= 15 is 0 Å². The van der Waals surface area contributed by atoms with E-state index in [1.165, 1.54) is 58.0 Å². The van der Waals surface area contributed by atoms with E-state index in [2.05, 4.69) is 16.8 Å². The summed E-state index contributed by atoms with van der Waals surface area (Å²) in [7, 11) is 0. The predicted molar refractivity (Wildman–Crippen MR) is 89.6 cm³/mol. The second-order valence-corrected chi connectivity index (χ2v) is 8.17. The van der Waals surface area contributed by atoms with Crippen LogP contribution in [0.15, 0.2) is 12.7 Å². The van der Waals surface area contributed by atoms with E-state index in [0.29, 0.717) is 23.9 Å². The van der Waals surface area contributed by atoms with E-state index in [9.17, 15) is 5.11 Å². The zero-order valence-corrected chi connectivity index (χ0v) is 13.8. The molecular formula is C19H32N2O. The highest BCUT2D eigenvalue weighted by atomic mass is 16.3. The Bertz CT molecular complexity index is 412. The third kappa shape index (κ3) is 2.46. The van der Waals surface area contributed by atoms with Crippen molar-refractivity contribution in [1.82, 2.24) is 10.2 Å². The number of hydrogen-bond donors (Lipinski definition) is 2. The van der Waals surface area contributed by atoms with Crippen molar-refractivity contribution in [2.75, 3.05) is 19.7 Å². The van der Waals surface area contributed by atoms with Gasteiger partial charge in [0.15, 0.2) is 0 Å². The van der Waals surface area contributed by atoms with Crippen molar-refractivity contribution in [2.24, 2.45) is 23.7 Å². The van der Waals surface area contributed by atoms with Gasteiger partial charge in [0, 0.05) is 30.7 Å². The van der Waals surface area contributed by atoms with Crippen molar-refractivity contribution in [3.05, 3.63) is 12.7 Å². The molecule has 0 spiro atoms. The van der Waals surface area contributed by atoms with Gasteiger partial charge in [-0.15, -0.1) is 6.58 Å². The minimum atomic E-state index is 0.271. The van der Waals surface area contributed by atoms with E-state index in [4.69, 9.17) is 0 Å². The molecule has 3 aliphatic heterocycles. The largest absolute Gasteiger partial charge is 0.396 e. The molecule has 3 nitrogen and oxygen atoms in total.